The first-order valence-electron chi connectivity index (χ1n) is 6.23. The van der Waals surface area contributed by atoms with Crippen LogP contribution in [-0.4, -0.2) is 15.8 Å². The number of ketones is 1. The SMILES string of the molecule is N#C/C(=C\c1ccncn1)C(=O)C1CCCCC1. The quantitative estimate of drug-likeness (QED) is 0.602. The predicted molar refractivity (Wildman–Crippen MR) is 67.2 cm³/mol. The number of allylic oxidation sites excluding steroid dienone is 1. The second-order valence-electron chi connectivity index (χ2n) is 4.50. The lowest BCUT2D eigenvalue weighted by Crippen LogP contribution is -2.18. The molecule has 1 aromatic rings. The first-order chi connectivity index (χ1) is 8.81. The predicted octanol–water partition coefficient (Wildman–Crippen LogP) is 2.53. The number of hydrogen-bond donors (Lipinski definition) is 0. The second kappa shape index (κ2) is 6.06. The Labute approximate surface area is 106 Å². The molecule has 1 aliphatic rings. The fraction of sp³-hybridized carbons (Fsp3) is 0.429. The summed E-state index contributed by atoms with van der Waals surface area (Å²) in [6, 6.07) is 3.68. The highest BCUT2D eigenvalue weighted by Crippen LogP contribution is 2.26. The summed E-state index contributed by atoms with van der Waals surface area (Å²) in [7, 11) is 0. The fourth-order valence-electron chi connectivity index (χ4n) is 2.28. The average molecular weight is 241 g/mol. The van der Waals surface area contributed by atoms with Gasteiger partial charge in [0.15, 0.2) is 5.78 Å². The van der Waals surface area contributed by atoms with E-state index in [0.29, 0.717) is 5.69 Å². The van der Waals surface area contributed by atoms with E-state index in [-0.39, 0.29) is 17.3 Å². The molecule has 1 fully saturated rings. The number of carbonyl (C=O) groups excluding carboxylic acids is 1. The van der Waals surface area contributed by atoms with E-state index in [1.807, 2.05) is 6.07 Å². The first-order valence-corrected chi connectivity index (χ1v) is 6.23. The second-order valence-corrected chi connectivity index (χ2v) is 4.50. The highest BCUT2D eigenvalue weighted by atomic mass is 16.1. The smallest absolute Gasteiger partial charge is 0.176 e. The molecule has 0 amide bonds. The maximum atomic E-state index is 12.2. The standard InChI is InChI=1S/C14H15N3O/c15-9-12(8-13-6-7-16-10-17-13)14(18)11-4-2-1-3-5-11/h6-8,10-11H,1-5H2/b12-8+. The number of hydrogen-bond acceptors (Lipinski definition) is 4. The van der Waals surface area contributed by atoms with E-state index in [9.17, 15) is 4.79 Å². The van der Waals surface area contributed by atoms with E-state index < -0.39 is 0 Å². The van der Waals surface area contributed by atoms with Gasteiger partial charge in [-0.2, -0.15) is 5.26 Å². The molecule has 0 unspecified atom stereocenters. The molecule has 1 aliphatic carbocycles. The summed E-state index contributed by atoms with van der Waals surface area (Å²) in [5.41, 5.74) is 0.811. The van der Waals surface area contributed by atoms with Crippen molar-refractivity contribution in [2.75, 3.05) is 0 Å². The number of nitriles is 1. The van der Waals surface area contributed by atoms with Gasteiger partial charge in [-0.1, -0.05) is 19.3 Å². The summed E-state index contributed by atoms with van der Waals surface area (Å²) in [5.74, 6) is -0.0118. The molecule has 1 saturated carbocycles. The Balaban J connectivity index is 2.16. The van der Waals surface area contributed by atoms with Crippen molar-refractivity contribution in [3.8, 4) is 6.07 Å². The third-order valence-electron chi connectivity index (χ3n) is 3.26. The molecule has 0 atom stereocenters. The van der Waals surface area contributed by atoms with Gasteiger partial charge in [0.25, 0.3) is 0 Å². The molecule has 0 saturated heterocycles. The topological polar surface area (TPSA) is 66.6 Å². The van der Waals surface area contributed by atoms with Crippen molar-refractivity contribution in [3.63, 3.8) is 0 Å². The Kier molecular flexibility index (Phi) is 4.19. The number of rotatable bonds is 3. The van der Waals surface area contributed by atoms with Gasteiger partial charge in [0.2, 0.25) is 0 Å². The van der Waals surface area contributed by atoms with Crippen molar-refractivity contribution in [3.05, 3.63) is 29.9 Å². The molecule has 2 rings (SSSR count). The van der Waals surface area contributed by atoms with Crippen molar-refractivity contribution in [1.82, 2.24) is 9.97 Å². The lowest BCUT2D eigenvalue weighted by Gasteiger charge is -2.19. The normalized spacial score (nSPS) is 17.2. The molecule has 0 spiro atoms. The minimum absolute atomic E-state index is 0.0199. The molecule has 0 bridgehead atoms. The molecule has 0 aromatic carbocycles. The minimum Gasteiger partial charge on any atom is -0.293 e. The summed E-state index contributed by atoms with van der Waals surface area (Å²) in [6.07, 6.45) is 9.74. The summed E-state index contributed by atoms with van der Waals surface area (Å²) < 4.78 is 0. The van der Waals surface area contributed by atoms with Crippen LogP contribution in [0.3, 0.4) is 0 Å². The summed E-state index contributed by atoms with van der Waals surface area (Å²) in [5, 5.41) is 9.11. The van der Waals surface area contributed by atoms with Crippen LogP contribution in [0.25, 0.3) is 6.08 Å². The molecule has 0 radical (unpaired) electrons. The zero-order valence-corrected chi connectivity index (χ0v) is 10.2. The fourth-order valence-corrected chi connectivity index (χ4v) is 2.28. The van der Waals surface area contributed by atoms with E-state index >= 15 is 0 Å². The molecule has 1 heterocycles. The van der Waals surface area contributed by atoms with Crippen LogP contribution in [0.4, 0.5) is 0 Å². The van der Waals surface area contributed by atoms with E-state index in [0.717, 1.165) is 25.7 Å². The molecule has 18 heavy (non-hydrogen) atoms. The zero-order valence-electron chi connectivity index (χ0n) is 10.2. The highest BCUT2D eigenvalue weighted by molar-refractivity contribution is 6.04. The van der Waals surface area contributed by atoms with Gasteiger partial charge >= 0.3 is 0 Å². The number of nitrogens with zero attached hydrogens (tertiary/aromatic N) is 3. The average Bonchev–Trinajstić information content (AvgIpc) is 2.46. The first kappa shape index (κ1) is 12.4. The van der Waals surface area contributed by atoms with Crippen LogP contribution in [0.1, 0.15) is 37.8 Å². The van der Waals surface area contributed by atoms with Gasteiger partial charge in [-0.3, -0.25) is 4.79 Å². The van der Waals surface area contributed by atoms with Gasteiger partial charge in [0.05, 0.1) is 11.3 Å². The van der Waals surface area contributed by atoms with E-state index in [2.05, 4.69) is 9.97 Å². The van der Waals surface area contributed by atoms with Crippen molar-refractivity contribution in [2.24, 2.45) is 5.92 Å². The summed E-state index contributed by atoms with van der Waals surface area (Å²) in [4.78, 5) is 20.0. The van der Waals surface area contributed by atoms with Gasteiger partial charge in [0.1, 0.15) is 12.4 Å². The lowest BCUT2D eigenvalue weighted by molar-refractivity contribution is -0.119. The van der Waals surface area contributed by atoms with Crippen LogP contribution >= 0.6 is 0 Å². The van der Waals surface area contributed by atoms with E-state index in [4.69, 9.17) is 5.26 Å². The van der Waals surface area contributed by atoms with E-state index in [1.54, 1.807) is 18.3 Å². The van der Waals surface area contributed by atoms with Crippen LogP contribution < -0.4 is 0 Å². The number of aromatic nitrogens is 2. The Hall–Kier alpha value is -2.02. The van der Waals surface area contributed by atoms with Gasteiger partial charge in [-0.05, 0) is 25.0 Å². The van der Waals surface area contributed by atoms with Crippen LogP contribution in [0.15, 0.2) is 24.2 Å². The largest absolute Gasteiger partial charge is 0.293 e. The van der Waals surface area contributed by atoms with E-state index in [1.165, 1.54) is 12.7 Å². The molecule has 0 aliphatic heterocycles. The molecular formula is C14H15N3O. The Morgan fingerprint density at radius 1 is 1.39 bits per heavy atom. The minimum atomic E-state index is -0.0317. The monoisotopic (exact) mass is 241 g/mol. The molecular weight excluding hydrogens is 226 g/mol. The van der Waals surface area contributed by atoms with Crippen LogP contribution in [0.5, 0.6) is 0 Å². The Bertz CT molecular complexity index is 482. The summed E-state index contributed by atoms with van der Waals surface area (Å²) >= 11 is 0. The van der Waals surface area contributed by atoms with Crippen molar-refractivity contribution < 1.29 is 4.79 Å². The number of carbonyl (C=O) groups is 1. The maximum absolute atomic E-state index is 12.2. The molecule has 4 heteroatoms. The van der Waals surface area contributed by atoms with Crippen molar-refractivity contribution in [2.45, 2.75) is 32.1 Å². The summed E-state index contributed by atoms with van der Waals surface area (Å²) in [6.45, 7) is 0. The lowest BCUT2D eigenvalue weighted by atomic mass is 9.84. The van der Waals surface area contributed by atoms with Crippen molar-refractivity contribution >= 4 is 11.9 Å². The molecule has 4 nitrogen and oxygen atoms in total. The Morgan fingerprint density at radius 3 is 2.78 bits per heavy atom. The van der Waals surface area contributed by atoms with Gasteiger partial charge in [0, 0.05) is 12.1 Å². The van der Waals surface area contributed by atoms with Crippen LogP contribution in [0.2, 0.25) is 0 Å². The van der Waals surface area contributed by atoms with Gasteiger partial charge in [-0.25, -0.2) is 9.97 Å². The molecule has 1 aromatic heterocycles. The highest BCUT2D eigenvalue weighted by Gasteiger charge is 2.24. The zero-order chi connectivity index (χ0) is 12.8. The third-order valence-corrected chi connectivity index (χ3v) is 3.26. The van der Waals surface area contributed by atoms with Crippen LogP contribution in [0, 0.1) is 17.2 Å². The number of Topliss-reactive ketones (excluding diaryl/α,β-unsaturated/α-hetero) is 1. The van der Waals surface area contributed by atoms with Crippen LogP contribution in [-0.2, 0) is 4.79 Å². The molecule has 0 N–H and O–H groups in total. The maximum Gasteiger partial charge on any atom is 0.176 e. The van der Waals surface area contributed by atoms with Crippen molar-refractivity contribution in [1.29, 1.82) is 5.26 Å². The van der Waals surface area contributed by atoms with Gasteiger partial charge in [-0.15, -0.1) is 0 Å². The Morgan fingerprint density at radius 2 is 2.17 bits per heavy atom. The molecule has 92 valence electrons. The third kappa shape index (κ3) is 3.01. The van der Waals surface area contributed by atoms with Gasteiger partial charge < -0.3 is 0 Å².